The molecule has 0 bridgehead atoms. The van der Waals surface area contributed by atoms with Crippen LogP contribution in [-0.2, 0) is 11.2 Å². The van der Waals surface area contributed by atoms with Crippen molar-refractivity contribution in [2.24, 2.45) is 0 Å². The first-order chi connectivity index (χ1) is 3.72. The first-order valence-electron chi connectivity index (χ1n) is 2.65. The lowest BCUT2D eigenvalue weighted by Gasteiger charge is -2.12. The quantitative estimate of drug-likeness (QED) is 0.536. The molecule has 0 aromatic carbocycles. The van der Waals surface area contributed by atoms with Gasteiger partial charge in [0.2, 0.25) is 0 Å². The molecular formula is C5H11FOS. The van der Waals surface area contributed by atoms with Crippen molar-refractivity contribution in [3.05, 3.63) is 0 Å². The van der Waals surface area contributed by atoms with E-state index < -0.39 is 17.9 Å². The van der Waals surface area contributed by atoms with Gasteiger partial charge >= 0.3 is 0 Å². The maximum absolute atomic E-state index is 11.6. The van der Waals surface area contributed by atoms with Crippen molar-refractivity contribution in [1.29, 1.82) is 0 Å². The Morgan fingerprint density at radius 1 is 1.75 bits per heavy atom. The summed E-state index contributed by atoms with van der Waals surface area (Å²) >= 11 is -0.947. The fourth-order valence-electron chi connectivity index (χ4n) is 0.355. The molecule has 3 heteroatoms. The van der Waals surface area contributed by atoms with Gasteiger partial charge in [-0.05, 0) is 25.0 Å². The van der Waals surface area contributed by atoms with Crippen LogP contribution in [0.2, 0.25) is 0 Å². The molecule has 2 atom stereocenters. The monoisotopic (exact) mass is 138 g/mol. The summed E-state index contributed by atoms with van der Waals surface area (Å²) in [6.07, 6.45) is 0. The molecule has 0 aromatic rings. The highest BCUT2D eigenvalue weighted by Crippen LogP contribution is 2.00. The smallest absolute Gasteiger partial charge is 0.141 e. The molecule has 0 fully saturated rings. The van der Waals surface area contributed by atoms with E-state index in [4.69, 9.17) is 0 Å². The Hall–Kier alpha value is 0.240. The topological polar surface area (TPSA) is 23.1 Å². The molecular weight excluding hydrogens is 127 g/mol. The lowest BCUT2D eigenvalue weighted by molar-refractivity contribution is 0.476. The number of hydrogen-bond acceptors (Lipinski definition) is 1. The predicted molar refractivity (Wildman–Crippen MR) is 34.1 cm³/mol. The molecule has 1 nitrogen and oxygen atoms in total. The van der Waals surface area contributed by atoms with E-state index in [9.17, 15) is 8.94 Å². The summed E-state index contributed by atoms with van der Waals surface area (Å²) in [5, 5.41) is -0.278. The zero-order valence-electron chi connectivity index (χ0n) is 5.19. The number of alkyl halides is 1. The summed E-state index contributed by atoms with van der Waals surface area (Å²) < 4.78 is 22.2. The van der Waals surface area contributed by atoms with Gasteiger partial charge in [0, 0.05) is 0 Å². The van der Waals surface area contributed by atoms with Gasteiger partial charge in [-0.15, -0.1) is 0 Å². The van der Waals surface area contributed by atoms with Crippen LogP contribution in [0.1, 0.15) is 13.8 Å². The fourth-order valence-corrected chi connectivity index (χ4v) is 1.06. The highest BCUT2D eigenvalue weighted by Gasteiger charge is 2.12. The van der Waals surface area contributed by atoms with Crippen molar-refractivity contribution in [3.63, 3.8) is 0 Å². The highest BCUT2D eigenvalue weighted by atomic mass is 32.2. The molecule has 2 unspecified atom stereocenters. The third-order valence-electron chi connectivity index (χ3n) is 0.951. The van der Waals surface area contributed by atoms with Crippen molar-refractivity contribution in [2.45, 2.75) is 19.1 Å². The molecule has 0 aliphatic carbocycles. The zero-order valence-corrected chi connectivity index (χ0v) is 6.00. The lowest BCUT2D eigenvalue weighted by atomic mass is 10.5. The van der Waals surface area contributed by atoms with E-state index in [1.54, 1.807) is 13.8 Å². The summed E-state index contributed by atoms with van der Waals surface area (Å²) in [7, 11) is 0. The maximum atomic E-state index is 11.6. The average Bonchev–Trinajstić information content (AvgIpc) is 1.84. The van der Waals surface area contributed by atoms with Gasteiger partial charge in [0.25, 0.3) is 0 Å². The van der Waals surface area contributed by atoms with Gasteiger partial charge in [0.1, 0.15) is 17.7 Å². The number of hydrogen-bond donors (Lipinski definition) is 0. The molecule has 0 saturated carbocycles. The Kier molecular flexibility index (Phi) is 4.28. The maximum Gasteiger partial charge on any atom is 0.141 e. The summed E-state index contributed by atoms with van der Waals surface area (Å²) in [5.41, 5.74) is 0. The molecule has 0 saturated heterocycles. The molecule has 0 heterocycles. The molecule has 50 valence electrons. The normalized spacial score (nSPS) is 18.0. The standard InChI is InChI=1S/C5H11FOS/c1-3-8(7)5(2)4-6/h5H,3-4H2,1-2H3. The largest absolute Gasteiger partial charge is 0.616 e. The van der Waals surface area contributed by atoms with Crippen molar-refractivity contribution < 1.29 is 8.94 Å². The second kappa shape index (κ2) is 4.15. The van der Waals surface area contributed by atoms with Gasteiger partial charge in [0.15, 0.2) is 0 Å². The van der Waals surface area contributed by atoms with Crippen LogP contribution in [0.25, 0.3) is 0 Å². The molecule has 0 aliphatic heterocycles. The van der Waals surface area contributed by atoms with Crippen LogP contribution in [0.15, 0.2) is 0 Å². The number of rotatable bonds is 3. The fraction of sp³-hybridized carbons (Fsp3) is 1.00. The minimum atomic E-state index is -0.947. The first-order valence-corrected chi connectivity index (χ1v) is 4.03. The van der Waals surface area contributed by atoms with Gasteiger partial charge in [-0.3, -0.25) is 0 Å². The van der Waals surface area contributed by atoms with Crippen LogP contribution >= 0.6 is 0 Å². The zero-order chi connectivity index (χ0) is 6.57. The van der Waals surface area contributed by atoms with E-state index in [0.29, 0.717) is 5.75 Å². The molecule has 0 N–H and O–H groups in total. The van der Waals surface area contributed by atoms with Crippen molar-refractivity contribution in [2.75, 3.05) is 12.4 Å². The van der Waals surface area contributed by atoms with E-state index in [-0.39, 0.29) is 5.25 Å². The Morgan fingerprint density at radius 2 is 2.25 bits per heavy atom. The molecule has 0 aliphatic rings. The molecule has 0 amide bonds. The summed E-state index contributed by atoms with van der Waals surface area (Å²) in [4.78, 5) is 0. The SMILES string of the molecule is CC[S+]([O-])C(C)CF. The third kappa shape index (κ3) is 2.52. The van der Waals surface area contributed by atoms with Gasteiger partial charge in [0.05, 0.1) is 0 Å². The van der Waals surface area contributed by atoms with Crippen molar-refractivity contribution in [3.8, 4) is 0 Å². The molecule has 0 radical (unpaired) electrons. The van der Waals surface area contributed by atoms with Crippen molar-refractivity contribution in [1.82, 2.24) is 0 Å². The minimum Gasteiger partial charge on any atom is -0.616 e. The van der Waals surface area contributed by atoms with Gasteiger partial charge < -0.3 is 4.55 Å². The van der Waals surface area contributed by atoms with Crippen LogP contribution in [0.4, 0.5) is 4.39 Å². The highest BCUT2D eigenvalue weighted by molar-refractivity contribution is 7.91. The Labute approximate surface area is 52.5 Å². The Bertz CT molecular complexity index is 52.4. The van der Waals surface area contributed by atoms with E-state index >= 15 is 0 Å². The Balaban J connectivity index is 3.29. The summed E-state index contributed by atoms with van der Waals surface area (Å²) in [6.45, 7) is 2.97. The third-order valence-corrected chi connectivity index (χ3v) is 2.54. The molecule has 0 rings (SSSR count). The lowest BCUT2D eigenvalue weighted by Crippen LogP contribution is -2.21. The molecule has 8 heavy (non-hydrogen) atoms. The van der Waals surface area contributed by atoms with Gasteiger partial charge in [-0.2, -0.15) is 0 Å². The van der Waals surface area contributed by atoms with Crippen molar-refractivity contribution >= 4 is 11.2 Å². The van der Waals surface area contributed by atoms with Crippen LogP contribution in [-0.4, -0.2) is 22.2 Å². The Morgan fingerprint density at radius 3 is 2.38 bits per heavy atom. The van der Waals surface area contributed by atoms with Crippen LogP contribution in [0, 0.1) is 0 Å². The summed E-state index contributed by atoms with van der Waals surface area (Å²) in [5.74, 6) is 0.561. The second-order valence-electron chi connectivity index (χ2n) is 1.63. The summed E-state index contributed by atoms with van der Waals surface area (Å²) in [6, 6.07) is 0. The van der Waals surface area contributed by atoms with E-state index in [2.05, 4.69) is 0 Å². The van der Waals surface area contributed by atoms with Crippen LogP contribution in [0.3, 0.4) is 0 Å². The van der Waals surface area contributed by atoms with E-state index in [1.165, 1.54) is 0 Å². The van der Waals surface area contributed by atoms with Crippen LogP contribution < -0.4 is 0 Å². The minimum absolute atomic E-state index is 0.278. The van der Waals surface area contributed by atoms with Gasteiger partial charge in [-0.25, -0.2) is 4.39 Å². The first kappa shape index (κ1) is 8.24. The van der Waals surface area contributed by atoms with Gasteiger partial charge in [-0.1, -0.05) is 0 Å². The average molecular weight is 138 g/mol. The second-order valence-corrected chi connectivity index (χ2v) is 3.78. The van der Waals surface area contributed by atoms with Crippen LogP contribution in [0.5, 0.6) is 0 Å². The number of halogens is 1. The molecule has 0 aromatic heterocycles. The van der Waals surface area contributed by atoms with E-state index in [0.717, 1.165) is 0 Å². The predicted octanol–water partition coefficient (Wildman–Crippen LogP) is 1.11. The van der Waals surface area contributed by atoms with E-state index in [1.807, 2.05) is 0 Å². The molecule has 0 spiro atoms.